The molecule has 184 valence electrons. The first-order chi connectivity index (χ1) is 17.0. The van der Waals surface area contributed by atoms with Gasteiger partial charge in [-0.1, -0.05) is 42.1 Å². The summed E-state index contributed by atoms with van der Waals surface area (Å²) in [6, 6.07) is 22.9. The first kappa shape index (κ1) is 26.1. The highest BCUT2D eigenvalue weighted by atomic mass is 32.2. The molecule has 0 spiro atoms. The van der Waals surface area contributed by atoms with E-state index in [-0.39, 0.29) is 24.9 Å². The molecule has 0 radical (unpaired) electrons. The Bertz CT molecular complexity index is 1120. The van der Waals surface area contributed by atoms with Gasteiger partial charge in [0.15, 0.2) is 11.5 Å². The number of ether oxygens (including phenoxy) is 2. The number of nitrogens with one attached hydrogen (secondary N) is 2. The Morgan fingerprint density at radius 1 is 0.800 bits per heavy atom. The van der Waals surface area contributed by atoms with E-state index in [1.54, 1.807) is 41.9 Å². The minimum Gasteiger partial charge on any atom is -0.490 e. The van der Waals surface area contributed by atoms with Gasteiger partial charge in [-0.2, -0.15) is 0 Å². The molecule has 35 heavy (non-hydrogen) atoms. The molecule has 0 heterocycles. The molecule has 2 amide bonds. The quantitative estimate of drug-likeness (QED) is 0.364. The number of nitrogens with zero attached hydrogens (tertiary/aromatic N) is 1. The minimum absolute atomic E-state index is 0.0605. The number of hydrogen-bond acceptors (Lipinski definition) is 6. The standard InChI is InChI=1S/C27H31N3O4S/c1-4-33-23-16-15-20(17-24(23)34-5-2)28-26(31)18-30(3)19-27(32)29-22-13-9-10-14-25(22)35-21-11-7-6-8-12-21/h6-17H,4-5,18-19H2,1-3H3,(H,28,31)(H,29,32). The molecule has 0 atom stereocenters. The van der Waals surface area contributed by atoms with Gasteiger partial charge in [0.2, 0.25) is 11.8 Å². The highest BCUT2D eigenvalue weighted by Gasteiger charge is 2.14. The van der Waals surface area contributed by atoms with Crippen LogP contribution in [0.5, 0.6) is 11.5 Å². The second-order valence-electron chi connectivity index (χ2n) is 7.71. The summed E-state index contributed by atoms with van der Waals surface area (Å²) in [5, 5.41) is 5.81. The average Bonchev–Trinajstić information content (AvgIpc) is 2.82. The van der Waals surface area contributed by atoms with Gasteiger partial charge >= 0.3 is 0 Å². The van der Waals surface area contributed by atoms with Crippen molar-refractivity contribution in [2.24, 2.45) is 0 Å². The summed E-state index contributed by atoms with van der Waals surface area (Å²) in [6.07, 6.45) is 0. The summed E-state index contributed by atoms with van der Waals surface area (Å²) >= 11 is 1.58. The fourth-order valence-corrected chi connectivity index (χ4v) is 4.26. The van der Waals surface area contributed by atoms with Crippen molar-refractivity contribution < 1.29 is 19.1 Å². The van der Waals surface area contributed by atoms with E-state index >= 15 is 0 Å². The van der Waals surface area contributed by atoms with Crippen molar-refractivity contribution in [3.05, 3.63) is 72.8 Å². The van der Waals surface area contributed by atoms with E-state index < -0.39 is 0 Å². The summed E-state index contributed by atoms with van der Waals surface area (Å²) < 4.78 is 11.2. The van der Waals surface area contributed by atoms with Crippen molar-refractivity contribution in [1.82, 2.24) is 4.90 Å². The second kappa shape index (κ2) is 13.4. The Morgan fingerprint density at radius 2 is 1.43 bits per heavy atom. The van der Waals surface area contributed by atoms with Gasteiger partial charge in [-0.25, -0.2) is 0 Å². The second-order valence-corrected chi connectivity index (χ2v) is 8.82. The van der Waals surface area contributed by atoms with Crippen LogP contribution in [-0.4, -0.2) is 50.1 Å². The molecule has 8 heteroatoms. The van der Waals surface area contributed by atoms with Crippen molar-refractivity contribution in [2.45, 2.75) is 23.6 Å². The smallest absolute Gasteiger partial charge is 0.238 e. The van der Waals surface area contributed by atoms with Crippen molar-refractivity contribution in [1.29, 1.82) is 0 Å². The zero-order valence-electron chi connectivity index (χ0n) is 20.2. The van der Waals surface area contributed by atoms with Crippen LogP contribution in [0.1, 0.15) is 13.8 Å². The molecular formula is C27H31N3O4S. The van der Waals surface area contributed by atoms with Crippen molar-refractivity contribution >= 4 is 35.0 Å². The molecule has 0 saturated heterocycles. The predicted molar refractivity (Wildman–Crippen MR) is 141 cm³/mol. The number of para-hydroxylation sites is 1. The molecule has 0 fully saturated rings. The molecule has 3 aromatic rings. The van der Waals surface area contributed by atoms with E-state index in [0.29, 0.717) is 30.4 Å². The van der Waals surface area contributed by atoms with Crippen molar-refractivity contribution in [2.75, 3.05) is 44.0 Å². The number of amides is 2. The van der Waals surface area contributed by atoms with Crippen LogP contribution < -0.4 is 20.1 Å². The third-order valence-corrected chi connectivity index (χ3v) is 5.87. The number of anilines is 2. The Hall–Kier alpha value is -3.49. The van der Waals surface area contributed by atoms with Crippen LogP contribution in [0.25, 0.3) is 0 Å². The molecule has 0 unspecified atom stereocenters. The maximum Gasteiger partial charge on any atom is 0.238 e. The summed E-state index contributed by atoms with van der Waals surface area (Å²) in [5.74, 6) is 0.784. The summed E-state index contributed by atoms with van der Waals surface area (Å²) in [7, 11) is 1.73. The lowest BCUT2D eigenvalue weighted by molar-refractivity contribution is -0.119. The topological polar surface area (TPSA) is 79.9 Å². The Morgan fingerprint density at radius 3 is 2.14 bits per heavy atom. The van der Waals surface area contributed by atoms with E-state index in [1.165, 1.54) is 0 Å². The van der Waals surface area contributed by atoms with Crippen molar-refractivity contribution in [3.63, 3.8) is 0 Å². The third-order valence-electron chi connectivity index (χ3n) is 4.79. The van der Waals surface area contributed by atoms with Gasteiger partial charge in [0.1, 0.15) is 0 Å². The minimum atomic E-state index is -0.230. The fourth-order valence-electron chi connectivity index (χ4n) is 3.34. The van der Waals surface area contributed by atoms with Crippen LogP contribution in [0.4, 0.5) is 11.4 Å². The summed E-state index contributed by atoms with van der Waals surface area (Å²) in [5.41, 5.74) is 1.34. The van der Waals surface area contributed by atoms with Crippen LogP contribution >= 0.6 is 11.8 Å². The number of benzene rings is 3. The molecule has 0 aromatic heterocycles. The van der Waals surface area contributed by atoms with Gasteiger partial charge < -0.3 is 20.1 Å². The number of carbonyl (C=O) groups is 2. The molecule has 3 aromatic carbocycles. The fraction of sp³-hybridized carbons (Fsp3) is 0.259. The van der Waals surface area contributed by atoms with E-state index in [9.17, 15) is 9.59 Å². The lowest BCUT2D eigenvalue weighted by Crippen LogP contribution is -2.36. The van der Waals surface area contributed by atoms with Gasteiger partial charge in [0.05, 0.1) is 32.0 Å². The molecule has 0 aliphatic rings. The predicted octanol–water partition coefficient (Wildman–Crippen LogP) is 5.14. The third kappa shape index (κ3) is 8.35. The maximum atomic E-state index is 12.7. The Kier molecular flexibility index (Phi) is 10.0. The normalized spacial score (nSPS) is 10.6. The molecule has 7 nitrogen and oxygen atoms in total. The molecule has 0 aliphatic heterocycles. The summed E-state index contributed by atoms with van der Waals surface area (Å²) in [4.78, 5) is 28.9. The van der Waals surface area contributed by atoms with Crippen molar-refractivity contribution in [3.8, 4) is 11.5 Å². The molecule has 0 aliphatic carbocycles. The summed E-state index contributed by atoms with van der Waals surface area (Å²) in [6.45, 7) is 4.93. The molecule has 0 bridgehead atoms. The monoisotopic (exact) mass is 493 g/mol. The Labute approximate surface area is 210 Å². The first-order valence-corrected chi connectivity index (χ1v) is 12.3. The SMILES string of the molecule is CCOc1ccc(NC(=O)CN(C)CC(=O)Nc2ccccc2Sc2ccccc2)cc1OCC. The lowest BCUT2D eigenvalue weighted by Gasteiger charge is -2.17. The van der Waals surface area contributed by atoms with Crippen LogP contribution in [-0.2, 0) is 9.59 Å². The van der Waals surface area contributed by atoms with Gasteiger partial charge in [0, 0.05) is 21.5 Å². The molecular weight excluding hydrogens is 462 g/mol. The van der Waals surface area contributed by atoms with Crippen LogP contribution in [0.15, 0.2) is 82.6 Å². The highest BCUT2D eigenvalue weighted by Crippen LogP contribution is 2.33. The maximum absolute atomic E-state index is 12.7. The number of likely N-dealkylation sites (N-methyl/N-ethyl adjacent to an activating group) is 1. The first-order valence-electron chi connectivity index (χ1n) is 11.5. The van der Waals surface area contributed by atoms with E-state index in [2.05, 4.69) is 10.6 Å². The zero-order chi connectivity index (χ0) is 25.0. The molecule has 3 rings (SSSR count). The average molecular weight is 494 g/mol. The van der Waals surface area contributed by atoms with Crippen LogP contribution in [0.2, 0.25) is 0 Å². The molecule has 0 saturated carbocycles. The highest BCUT2D eigenvalue weighted by molar-refractivity contribution is 7.99. The van der Waals surface area contributed by atoms with Gasteiger partial charge in [-0.05, 0) is 57.3 Å². The largest absolute Gasteiger partial charge is 0.490 e. The number of hydrogen-bond donors (Lipinski definition) is 2. The van der Waals surface area contributed by atoms with Crippen LogP contribution in [0.3, 0.4) is 0 Å². The van der Waals surface area contributed by atoms with E-state index in [4.69, 9.17) is 9.47 Å². The number of rotatable bonds is 12. The van der Waals surface area contributed by atoms with E-state index in [0.717, 1.165) is 15.5 Å². The van der Waals surface area contributed by atoms with Crippen LogP contribution in [0, 0.1) is 0 Å². The Balaban J connectivity index is 1.53. The van der Waals surface area contributed by atoms with Gasteiger partial charge in [-0.3, -0.25) is 14.5 Å². The van der Waals surface area contributed by atoms with Gasteiger partial charge in [0.25, 0.3) is 0 Å². The number of carbonyl (C=O) groups excluding carboxylic acids is 2. The molecule has 2 N–H and O–H groups in total. The lowest BCUT2D eigenvalue weighted by atomic mass is 10.2. The zero-order valence-corrected chi connectivity index (χ0v) is 21.1. The van der Waals surface area contributed by atoms with E-state index in [1.807, 2.05) is 68.4 Å². The van der Waals surface area contributed by atoms with Gasteiger partial charge in [-0.15, -0.1) is 0 Å².